The molecule has 0 saturated carbocycles. The van der Waals surface area contributed by atoms with Crippen molar-refractivity contribution >= 4 is 5.95 Å². The molecule has 6 heteroatoms. The van der Waals surface area contributed by atoms with Crippen LogP contribution in [-0.2, 0) is 13.0 Å². The number of aryl methyl sites for hydroxylation is 3. The zero-order chi connectivity index (χ0) is 15.7. The Morgan fingerprint density at radius 3 is 2.68 bits per heavy atom. The van der Waals surface area contributed by atoms with Crippen molar-refractivity contribution in [1.82, 2.24) is 24.7 Å². The molecule has 1 atom stereocenters. The molecule has 22 heavy (non-hydrogen) atoms. The Morgan fingerprint density at radius 2 is 2.00 bits per heavy atom. The normalized spacial score (nSPS) is 17.6. The van der Waals surface area contributed by atoms with Crippen molar-refractivity contribution in [3.63, 3.8) is 0 Å². The summed E-state index contributed by atoms with van der Waals surface area (Å²) in [5, 5.41) is 7.70. The van der Waals surface area contributed by atoms with Gasteiger partial charge in [-0.05, 0) is 44.6 Å². The van der Waals surface area contributed by atoms with Gasteiger partial charge in [0.15, 0.2) is 0 Å². The van der Waals surface area contributed by atoms with Gasteiger partial charge in [0, 0.05) is 17.9 Å². The number of nitrogens with one attached hydrogen (secondary N) is 1. The topological polar surface area (TPSA) is 68.5 Å². The zero-order valence-corrected chi connectivity index (χ0v) is 13.8. The molecule has 3 rings (SSSR count). The van der Waals surface area contributed by atoms with Crippen molar-refractivity contribution < 1.29 is 0 Å². The molecular formula is C16H24N6. The van der Waals surface area contributed by atoms with Gasteiger partial charge in [0.25, 0.3) is 0 Å². The Kier molecular flexibility index (Phi) is 4.09. The molecule has 0 spiro atoms. The van der Waals surface area contributed by atoms with E-state index < -0.39 is 0 Å². The van der Waals surface area contributed by atoms with Crippen LogP contribution >= 0.6 is 0 Å². The molecule has 118 valence electrons. The lowest BCUT2D eigenvalue weighted by Gasteiger charge is -2.23. The minimum atomic E-state index is 0.144. The van der Waals surface area contributed by atoms with Crippen LogP contribution in [0.25, 0.3) is 0 Å². The number of fused-ring (bicyclic) bond motifs is 1. The summed E-state index contributed by atoms with van der Waals surface area (Å²) in [6, 6.07) is 0.144. The van der Waals surface area contributed by atoms with Crippen LogP contribution in [0.3, 0.4) is 0 Å². The van der Waals surface area contributed by atoms with E-state index in [1.54, 1.807) is 6.33 Å². The first-order valence-electron chi connectivity index (χ1n) is 8.03. The average Bonchev–Trinajstić information content (AvgIpc) is 2.92. The summed E-state index contributed by atoms with van der Waals surface area (Å²) in [7, 11) is 0. The molecule has 0 fully saturated rings. The molecule has 6 nitrogen and oxygen atoms in total. The number of nitrogens with zero attached hydrogens (tertiary/aromatic N) is 5. The van der Waals surface area contributed by atoms with Gasteiger partial charge < -0.3 is 5.32 Å². The maximum atomic E-state index is 4.66. The first-order chi connectivity index (χ1) is 10.5. The molecule has 0 aromatic carbocycles. The smallest absolute Gasteiger partial charge is 0.223 e. The van der Waals surface area contributed by atoms with Crippen LogP contribution < -0.4 is 5.32 Å². The van der Waals surface area contributed by atoms with Crippen molar-refractivity contribution in [2.45, 2.75) is 59.5 Å². The first-order valence-corrected chi connectivity index (χ1v) is 8.03. The Morgan fingerprint density at radius 1 is 1.27 bits per heavy atom. The van der Waals surface area contributed by atoms with Crippen molar-refractivity contribution in [1.29, 1.82) is 0 Å². The van der Waals surface area contributed by atoms with Crippen LogP contribution in [0.4, 0.5) is 5.95 Å². The third-order valence-corrected chi connectivity index (χ3v) is 4.16. The van der Waals surface area contributed by atoms with E-state index in [4.69, 9.17) is 0 Å². The third-order valence-electron chi connectivity index (χ3n) is 4.16. The minimum absolute atomic E-state index is 0.144. The second-order valence-electron chi connectivity index (χ2n) is 6.48. The fourth-order valence-corrected chi connectivity index (χ4v) is 3.09. The Balaban J connectivity index is 1.83. The highest BCUT2D eigenvalue weighted by molar-refractivity contribution is 5.35. The molecule has 0 unspecified atom stereocenters. The maximum absolute atomic E-state index is 4.66. The third kappa shape index (κ3) is 2.96. The van der Waals surface area contributed by atoms with Crippen molar-refractivity contribution in [2.75, 3.05) is 5.32 Å². The van der Waals surface area contributed by atoms with Gasteiger partial charge in [0.1, 0.15) is 12.2 Å². The summed E-state index contributed by atoms with van der Waals surface area (Å²) in [5.74, 6) is 2.29. The molecule has 0 amide bonds. The van der Waals surface area contributed by atoms with Gasteiger partial charge in [-0.25, -0.2) is 19.6 Å². The van der Waals surface area contributed by atoms with Crippen LogP contribution in [0.5, 0.6) is 0 Å². The molecule has 0 saturated heterocycles. The molecule has 0 bridgehead atoms. The number of hydrogen-bond donors (Lipinski definition) is 1. The standard InChI is InChI=1S/C16H24N6/c1-10(2)8-13-11(3)19-16(20-12(13)4)21-14-6-5-7-22-15(14)17-9-18-22/h9-10,14H,5-8H2,1-4H3,(H,19,20,21)/t14-/m1/s1. The summed E-state index contributed by atoms with van der Waals surface area (Å²) in [4.78, 5) is 13.7. The number of hydrogen-bond acceptors (Lipinski definition) is 5. The average molecular weight is 300 g/mol. The number of rotatable bonds is 4. The molecule has 1 aliphatic heterocycles. The predicted molar refractivity (Wildman–Crippen MR) is 85.7 cm³/mol. The highest BCUT2D eigenvalue weighted by Gasteiger charge is 2.23. The molecule has 1 aliphatic rings. The molecule has 0 aliphatic carbocycles. The summed E-state index contributed by atoms with van der Waals surface area (Å²) in [5.41, 5.74) is 3.41. The van der Waals surface area contributed by atoms with Crippen molar-refractivity contribution in [3.8, 4) is 0 Å². The molecule has 3 heterocycles. The number of aromatic nitrogens is 5. The van der Waals surface area contributed by atoms with E-state index >= 15 is 0 Å². The Labute approximate surface area is 131 Å². The van der Waals surface area contributed by atoms with Gasteiger partial charge in [0.05, 0.1) is 6.04 Å². The van der Waals surface area contributed by atoms with Crippen LogP contribution in [-0.4, -0.2) is 24.7 Å². The summed E-state index contributed by atoms with van der Waals surface area (Å²) in [6.45, 7) is 9.53. The van der Waals surface area contributed by atoms with Gasteiger partial charge in [-0.15, -0.1) is 0 Å². The fraction of sp³-hybridized carbons (Fsp3) is 0.625. The van der Waals surface area contributed by atoms with Crippen molar-refractivity contribution in [2.24, 2.45) is 5.92 Å². The summed E-state index contributed by atoms with van der Waals surface area (Å²) < 4.78 is 1.97. The van der Waals surface area contributed by atoms with Crippen LogP contribution in [0.1, 0.15) is 55.5 Å². The second kappa shape index (κ2) is 6.02. The molecular weight excluding hydrogens is 276 g/mol. The van der Waals surface area contributed by atoms with E-state index in [0.717, 1.165) is 43.0 Å². The largest absolute Gasteiger partial charge is 0.344 e. The van der Waals surface area contributed by atoms with Crippen LogP contribution in [0, 0.1) is 19.8 Å². The summed E-state index contributed by atoms with van der Waals surface area (Å²) >= 11 is 0. The van der Waals surface area contributed by atoms with E-state index in [1.165, 1.54) is 5.56 Å². The minimum Gasteiger partial charge on any atom is -0.344 e. The predicted octanol–water partition coefficient (Wildman–Crippen LogP) is 2.83. The van der Waals surface area contributed by atoms with Gasteiger partial charge in [-0.1, -0.05) is 13.8 Å². The van der Waals surface area contributed by atoms with E-state index in [1.807, 2.05) is 4.68 Å². The van der Waals surface area contributed by atoms with E-state index in [9.17, 15) is 0 Å². The second-order valence-corrected chi connectivity index (χ2v) is 6.48. The van der Waals surface area contributed by atoms with Gasteiger partial charge in [-0.3, -0.25) is 0 Å². The van der Waals surface area contributed by atoms with E-state index in [2.05, 4.69) is 53.1 Å². The Hall–Kier alpha value is -1.98. The Bertz CT molecular complexity index is 637. The SMILES string of the molecule is Cc1nc(N[C@@H]2CCCn3ncnc32)nc(C)c1CC(C)C. The highest BCUT2D eigenvalue weighted by Crippen LogP contribution is 2.26. The summed E-state index contributed by atoms with van der Waals surface area (Å²) in [6.07, 6.45) is 4.78. The van der Waals surface area contributed by atoms with Gasteiger partial charge in [-0.2, -0.15) is 5.10 Å². The van der Waals surface area contributed by atoms with Crippen LogP contribution in [0.2, 0.25) is 0 Å². The maximum Gasteiger partial charge on any atom is 0.223 e. The van der Waals surface area contributed by atoms with Crippen molar-refractivity contribution in [3.05, 3.63) is 29.1 Å². The highest BCUT2D eigenvalue weighted by atomic mass is 15.4. The lowest BCUT2D eigenvalue weighted by Crippen LogP contribution is -2.24. The fourth-order valence-electron chi connectivity index (χ4n) is 3.09. The molecule has 2 aromatic rings. The lowest BCUT2D eigenvalue weighted by molar-refractivity contribution is 0.436. The zero-order valence-electron chi connectivity index (χ0n) is 13.8. The van der Waals surface area contributed by atoms with Gasteiger partial charge in [0.2, 0.25) is 5.95 Å². The molecule has 1 N–H and O–H groups in total. The lowest BCUT2D eigenvalue weighted by atomic mass is 10.0. The van der Waals surface area contributed by atoms with E-state index in [-0.39, 0.29) is 6.04 Å². The monoisotopic (exact) mass is 300 g/mol. The van der Waals surface area contributed by atoms with E-state index in [0.29, 0.717) is 11.9 Å². The first kappa shape index (κ1) is 14.9. The van der Waals surface area contributed by atoms with Crippen LogP contribution in [0.15, 0.2) is 6.33 Å². The molecule has 2 aromatic heterocycles. The number of anilines is 1. The quantitative estimate of drug-likeness (QED) is 0.940. The molecule has 0 radical (unpaired) electrons. The van der Waals surface area contributed by atoms with Gasteiger partial charge >= 0.3 is 0 Å².